The topological polar surface area (TPSA) is 26.0 Å². The number of nitrogens with two attached hydrogens (primary N) is 1. The van der Waals surface area contributed by atoms with Crippen LogP contribution in [0.15, 0.2) is 28.7 Å². The van der Waals surface area contributed by atoms with E-state index in [2.05, 4.69) is 54.0 Å². The first kappa shape index (κ1) is 10.2. The summed E-state index contributed by atoms with van der Waals surface area (Å²) in [4.78, 5) is 0. The van der Waals surface area contributed by atoms with E-state index < -0.39 is 0 Å². The van der Waals surface area contributed by atoms with Crippen molar-refractivity contribution >= 4 is 15.9 Å². The van der Waals surface area contributed by atoms with Crippen molar-refractivity contribution in [1.29, 1.82) is 0 Å². The molecule has 14 heavy (non-hydrogen) atoms. The smallest absolute Gasteiger partial charge is 0.0178 e. The van der Waals surface area contributed by atoms with E-state index in [4.69, 9.17) is 5.73 Å². The second kappa shape index (κ2) is 3.35. The van der Waals surface area contributed by atoms with E-state index in [1.165, 1.54) is 5.56 Å². The summed E-state index contributed by atoms with van der Waals surface area (Å²) >= 11 is 3.51. The van der Waals surface area contributed by atoms with Crippen LogP contribution in [0, 0.1) is 5.41 Å². The summed E-state index contributed by atoms with van der Waals surface area (Å²) in [6.45, 7) is 4.51. The van der Waals surface area contributed by atoms with E-state index in [-0.39, 0.29) is 5.41 Å². The van der Waals surface area contributed by atoms with Gasteiger partial charge in [-0.2, -0.15) is 0 Å². The zero-order valence-electron chi connectivity index (χ0n) is 8.63. The molecule has 2 atom stereocenters. The normalized spacial score (nSPS) is 29.7. The molecule has 2 unspecified atom stereocenters. The zero-order chi connectivity index (χ0) is 10.3. The summed E-state index contributed by atoms with van der Waals surface area (Å²) in [5, 5.41) is 0. The molecule has 76 valence electrons. The summed E-state index contributed by atoms with van der Waals surface area (Å²) in [5.74, 6) is 0.620. The van der Waals surface area contributed by atoms with Gasteiger partial charge < -0.3 is 5.73 Å². The molecule has 1 nitrogen and oxygen atoms in total. The van der Waals surface area contributed by atoms with Gasteiger partial charge in [0, 0.05) is 10.5 Å². The van der Waals surface area contributed by atoms with Crippen molar-refractivity contribution in [2.24, 2.45) is 11.1 Å². The van der Waals surface area contributed by atoms with Crippen LogP contribution in [-0.4, -0.2) is 6.04 Å². The molecule has 0 aromatic heterocycles. The van der Waals surface area contributed by atoms with Gasteiger partial charge >= 0.3 is 0 Å². The minimum absolute atomic E-state index is 0.251. The molecule has 1 saturated carbocycles. The Morgan fingerprint density at radius 1 is 1.43 bits per heavy atom. The van der Waals surface area contributed by atoms with Crippen molar-refractivity contribution in [3.63, 3.8) is 0 Å². The maximum atomic E-state index is 6.01. The van der Waals surface area contributed by atoms with Gasteiger partial charge in [0.2, 0.25) is 0 Å². The van der Waals surface area contributed by atoms with Gasteiger partial charge in [-0.3, -0.25) is 0 Å². The fourth-order valence-corrected chi connectivity index (χ4v) is 2.67. The Morgan fingerprint density at radius 2 is 2.14 bits per heavy atom. The molecule has 1 fully saturated rings. The van der Waals surface area contributed by atoms with Crippen LogP contribution in [0.25, 0.3) is 0 Å². The third-order valence-corrected chi connectivity index (χ3v) is 4.09. The first-order chi connectivity index (χ1) is 6.51. The second-order valence-corrected chi connectivity index (χ2v) is 5.69. The molecular formula is C12H16BrN. The lowest BCUT2D eigenvalue weighted by molar-refractivity contribution is 0.0983. The Bertz CT molecular complexity index is 346. The predicted molar refractivity (Wildman–Crippen MR) is 63.3 cm³/mol. The number of rotatable bonds is 1. The molecule has 0 heterocycles. The molecule has 2 N–H and O–H groups in total. The highest BCUT2D eigenvalue weighted by Gasteiger charge is 2.46. The Balaban J connectivity index is 2.26. The first-order valence-electron chi connectivity index (χ1n) is 5.03. The van der Waals surface area contributed by atoms with Gasteiger partial charge in [0.25, 0.3) is 0 Å². The summed E-state index contributed by atoms with van der Waals surface area (Å²) in [6, 6.07) is 8.92. The molecule has 1 aliphatic rings. The average Bonchev–Trinajstić information content (AvgIpc) is 2.14. The Labute approximate surface area is 93.8 Å². The van der Waals surface area contributed by atoms with Gasteiger partial charge in [0.05, 0.1) is 0 Å². The molecule has 0 bridgehead atoms. The fraction of sp³-hybridized carbons (Fsp3) is 0.500. The maximum absolute atomic E-state index is 6.01. The van der Waals surface area contributed by atoms with Crippen molar-refractivity contribution < 1.29 is 0 Å². The van der Waals surface area contributed by atoms with Gasteiger partial charge in [-0.05, 0) is 35.4 Å². The van der Waals surface area contributed by atoms with Crippen LogP contribution in [-0.2, 0) is 0 Å². The minimum atomic E-state index is 0.251. The summed E-state index contributed by atoms with van der Waals surface area (Å²) < 4.78 is 1.16. The lowest BCUT2D eigenvalue weighted by atomic mass is 9.57. The van der Waals surface area contributed by atoms with E-state index in [9.17, 15) is 0 Å². The minimum Gasteiger partial charge on any atom is -0.327 e. The molecule has 0 saturated heterocycles. The Hall–Kier alpha value is -0.340. The maximum Gasteiger partial charge on any atom is 0.0178 e. The van der Waals surface area contributed by atoms with E-state index in [1.807, 2.05) is 0 Å². The van der Waals surface area contributed by atoms with E-state index >= 15 is 0 Å². The molecule has 2 rings (SSSR count). The molecule has 0 aliphatic heterocycles. The standard InChI is InChI=1S/C12H16BrN/c1-12(2)10(7-11(12)14)8-4-3-5-9(13)6-8/h3-6,10-11H,7,14H2,1-2H3. The van der Waals surface area contributed by atoms with Crippen molar-refractivity contribution in [2.45, 2.75) is 32.2 Å². The van der Waals surface area contributed by atoms with E-state index in [0.29, 0.717) is 12.0 Å². The lowest BCUT2D eigenvalue weighted by Crippen LogP contribution is -2.52. The van der Waals surface area contributed by atoms with Crippen LogP contribution in [0.4, 0.5) is 0 Å². The van der Waals surface area contributed by atoms with E-state index in [1.54, 1.807) is 0 Å². The zero-order valence-corrected chi connectivity index (χ0v) is 10.2. The molecule has 1 aliphatic carbocycles. The summed E-state index contributed by atoms with van der Waals surface area (Å²) in [5.41, 5.74) is 7.67. The number of hydrogen-bond donors (Lipinski definition) is 1. The Kier molecular flexibility index (Phi) is 2.44. The third-order valence-electron chi connectivity index (χ3n) is 3.59. The van der Waals surface area contributed by atoms with Crippen LogP contribution in [0.1, 0.15) is 31.7 Å². The van der Waals surface area contributed by atoms with Gasteiger partial charge in [0.15, 0.2) is 0 Å². The SMILES string of the molecule is CC1(C)C(N)CC1c1cccc(Br)c1. The van der Waals surface area contributed by atoms with Gasteiger partial charge in [0.1, 0.15) is 0 Å². The highest BCUT2D eigenvalue weighted by atomic mass is 79.9. The second-order valence-electron chi connectivity index (χ2n) is 4.77. The number of benzene rings is 1. The fourth-order valence-electron chi connectivity index (χ4n) is 2.25. The van der Waals surface area contributed by atoms with Gasteiger partial charge in [-0.1, -0.05) is 41.9 Å². The first-order valence-corrected chi connectivity index (χ1v) is 5.82. The molecule has 0 radical (unpaired) electrons. The summed E-state index contributed by atoms with van der Waals surface area (Å²) in [6.07, 6.45) is 1.11. The van der Waals surface area contributed by atoms with Gasteiger partial charge in [-0.25, -0.2) is 0 Å². The number of halogens is 1. The molecule has 1 aromatic rings. The van der Waals surface area contributed by atoms with Crippen LogP contribution < -0.4 is 5.73 Å². The van der Waals surface area contributed by atoms with Crippen LogP contribution in [0.5, 0.6) is 0 Å². The number of hydrogen-bond acceptors (Lipinski definition) is 1. The highest BCUT2D eigenvalue weighted by Crippen LogP contribution is 2.51. The van der Waals surface area contributed by atoms with Crippen LogP contribution in [0.2, 0.25) is 0 Å². The average molecular weight is 254 g/mol. The summed E-state index contributed by atoms with van der Waals surface area (Å²) in [7, 11) is 0. The monoisotopic (exact) mass is 253 g/mol. The van der Waals surface area contributed by atoms with Crippen molar-refractivity contribution in [3.8, 4) is 0 Å². The quantitative estimate of drug-likeness (QED) is 0.817. The van der Waals surface area contributed by atoms with Crippen LogP contribution >= 0.6 is 15.9 Å². The van der Waals surface area contributed by atoms with Crippen molar-refractivity contribution in [2.75, 3.05) is 0 Å². The predicted octanol–water partition coefficient (Wildman–Crippen LogP) is 3.29. The molecule has 0 amide bonds. The molecule has 0 spiro atoms. The van der Waals surface area contributed by atoms with Gasteiger partial charge in [-0.15, -0.1) is 0 Å². The van der Waals surface area contributed by atoms with Crippen LogP contribution in [0.3, 0.4) is 0 Å². The van der Waals surface area contributed by atoms with Crippen molar-refractivity contribution in [1.82, 2.24) is 0 Å². The third kappa shape index (κ3) is 1.51. The molecule has 1 aromatic carbocycles. The van der Waals surface area contributed by atoms with Crippen molar-refractivity contribution in [3.05, 3.63) is 34.3 Å². The highest BCUT2D eigenvalue weighted by molar-refractivity contribution is 9.10. The molecule has 2 heteroatoms. The molecular weight excluding hydrogens is 238 g/mol. The lowest BCUT2D eigenvalue weighted by Gasteiger charge is -2.50. The van der Waals surface area contributed by atoms with E-state index in [0.717, 1.165) is 10.9 Å². The Morgan fingerprint density at radius 3 is 2.64 bits per heavy atom. The largest absolute Gasteiger partial charge is 0.327 e.